The van der Waals surface area contributed by atoms with Gasteiger partial charge in [0.1, 0.15) is 0 Å². The molecule has 2 aliphatic rings. The van der Waals surface area contributed by atoms with Crippen LogP contribution in [-0.4, -0.2) is 24.5 Å². The highest BCUT2D eigenvalue weighted by Gasteiger charge is 2.13. The first-order valence-corrected chi connectivity index (χ1v) is 5.81. The van der Waals surface area contributed by atoms with E-state index in [1.807, 2.05) is 0 Å². The molecule has 0 saturated carbocycles. The van der Waals surface area contributed by atoms with Crippen molar-refractivity contribution in [2.75, 3.05) is 0 Å². The fraction of sp³-hybridized carbons (Fsp3) is 0.143. The van der Waals surface area contributed by atoms with Crippen molar-refractivity contribution in [3.05, 3.63) is 61.1 Å². The van der Waals surface area contributed by atoms with Crippen LogP contribution >= 0.6 is 0 Å². The van der Waals surface area contributed by atoms with Crippen molar-refractivity contribution in [3.8, 4) is 0 Å². The van der Waals surface area contributed by atoms with Gasteiger partial charge in [-0.25, -0.2) is 9.59 Å². The van der Waals surface area contributed by atoms with Gasteiger partial charge in [-0.2, -0.15) is 0 Å². The van der Waals surface area contributed by atoms with E-state index in [2.05, 4.69) is 0 Å². The Morgan fingerprint density at radius 3 is 1.60 bits per heavy atom. The lowest BCUT2D eigenvalue weighted by Gasteiger charge is -2.14. The summed E-state index contributed by atoms with van der Waals surface area (Å²) in [5.74, 6) is -1.43. The molecule has 6 nitrogen and oxygen atoms in total. The first-order chi connectivity index (χ1) is 9.74. The van der Waals surface area contributed by atoms with Crippen LogP contribution in [0.5, 0.6) is 0 Å². The Bertz CT molecular complexity index is 466. The summed E-state index contributed by atoms with van der Waals surface area (Å²) in [6.45, 7) is 0. The van der Waals surface area contributed by atoms with Crippen LogP contribution in [0.1, 0.15) is 0 Å². The molecule has 2 rings (SSSR count). The van der Waals surface area contributed by atoms with Crippen molar-refractivity contribution < 1.29 is 28.5 Å². The third-order valence-electron chi connectivity index (χ3n) is 2.16. The number of ether oxygens (including phenoxy) is 4. The lowest BCUT2D eigenvalue weighted by molar-refractivity contribution is -0.158. The minimum absolute atomic E-state index is 0.716. The van der Waals surface area contributed by atoms with Crippen LogP contribution in [0.15, 0.2) is 61.1 Å². The topological polar surface area (TPSA) is 71.1 Å². The van der Waals surface area contributed by atoms with Gasteiger partial charge >= 0.3 is 11.9 Å². The number of rotatable bonds is 4. The lowest BCUT2D eigenvalue weighted by atomic mass is 10.4. The normalized spacial score (nSPS) is 23.2. The maximum atomic E-state index is 11.4. The van der Waals surface area contributed by atoms with Crippen LogP contribution in [0, 0.1) is 0 Å². The largest absolute Gasteiger partial charge is 0.459 e. The maximum absolute atomic E-state index is 11.4. The van der Waals surface area contributed by atoms with Gasteiger partial charge in [0.2, 0.25) is 0 Å². The minimum atomic E-state index is -0.789. The first-order valence-electron chi connectivity index (χ1n) is 5.81. The van der Waals surface area contributed by atoms with Gasteiger partial charge in [-0.3, -0.25) is 0 Å². The van der Waals surface area contributed by atoms with E-state index >= 15 is 0 Å². The molecule has 0 radical (unpaired) electrons. The van der Waals surface area contributed by atoms with Crippen molar-refractivity contribution >= 4 is 11.9 Å². The van der Waals surface area contributed by atoms with Crippen LogP contribution in [0.3, 0.4) is 0 Å². The molecule has 6 heteroatoms. The summed E-state index contributed by atoms with van der Waals surface area (Å²) in [6, 6.07) is 0. The smallest absolute Gasteiger partial charge is 0.334 e. The van der Waals surface area contributed by atoms with Crippen LogP contribution in [-0.2, 0) is 28.5 Å². The zero-order chi connectivity index (χ0) is 14.2. The van der Waals surface area contributed by atoms with E-state index in [1.54, 1.807) is 36.5 Å². The molecule has 0 aromatic carbocycles. The summed E-state index contributed by atoms with van der Waals surface area (Å²) in [6.07, 6.45) is 12.9. The molecule has 0 aliphatic carbocycles. The van der Waals surface area contributed by atoms with E-state index in [0.29, 0.717) is 0 Å². The summed E-state index contributed by atoms with van der Waals surface area (Å²) >= 11 is 0. The summed E-state index contributed by atoms with van der Waals surface area (Å²) in [5.41, 5.74) is 0. The monoisotopic (exact) mass is 276 g/mol. The zero-order valence-electron chi connectivity index (χ0n) is 10.4. The van der Waals surface area contributed by atoms with Crippen molar-refractivity contribution in [2.45, 2.75) is 12.6 Å². The van der Waals surface area contributed by atoms with E-state index in [1.165, 1.54) is 12.5 Å². The molecule has 0 fully saturated rings. The van der Waals surface area contributed by atoms with Crippen LogP contribution < -0.4 is 0 Å². The van der Waals surface area contributed by atoms with Gasteiger partial charge < -0.3 is 18.9 Å². The van der Waals surface area contributed by atoms with Crippen molar-refractivity contribution in [1.29, 1.82) is 0 Å². The molecule has 2 unspecified atom stereocenters. The fourth-order valence-corrected chi connectivity index (χ4v) is 1.31. The Balaban J connectivity index is 1.73. The van der Waals surface area contributed by atoms with Gasteiger partial charge in [0, 0.05) is 12.2 Å². The van der Waals surface area contributed by atoms with Crippen LogP contribution in [0.4, 0.5) is 0 Å². The number of carbonyl (C=O) groups excluding carboxylic acids is 2. The predicted octanol–water partition coefficient (Wildman–Crippen LogP) is 1.48. The summed E-state index contributed by atoms with van der Waals surface area (Å²) in [7, 11) is 0. The summed E-state index contributed by atoms with van der Waals surface area (Å²) in [4.78, 5) is 22.8. The van der Waals surface area contributed by atoms with Crippen LogP contribution in [0.2, 0.25) is 0 Å². The lowest BCUT2D eigenvalue weighted by Crippen LogP contribution is -2.19. The molecule has 2 heterocycles. The number of esters is 2. The standard InChI is InChI=1S/C14H12O6/c15-11(19-13-5-1-3-9-17-13)7-8-12(16)20-14-6-2-4-10-18-14/h1-10,13-14H/b8-7+. The Kier molecular flexibility index (Phi) is 4.77. The molecule has 0 saturated heterocycles. The van der Waals surface area contributed by atoms with E-state index in [9.17, 15) is 9.59 Å². The number of hydrogen-bond donors (Lipinski definition) is 0. The number of carbonyl (C=O) groups is 2. The van der Waals surface area contributed by atoms with Gasteiger partial charge in [-0.1, -0.05) is 12.2 Å². The second-order valence-corrected chi connectivity index (χ2v) is 3.64. The Hall–Kier alpha value is -2.76. The SMILES string of the molecule is O=C(/C=C/C(=O)OC1C=CC=CO1)OC1C=CC=CO1. The quantitative estimate of drug-likeness (QED) is 0.572. The molecule has 0 bridgehead atoms. The fourth-order valence-electron chi connectivity index (χ4n) is 1.31. The highest BCUT2D eigenvalue weighted by molar-refractivity contribution is 5.91. The Morgan fingerprint density at radius 2 is 1.25 bits per heavy atom. The van der Waals surface area contributed by atoms with Gasteiger partial charge in [0.15, 0.2) is 0 Å². The van der Waals surface area contributed by atoms with E-state index in [-0.39, 0.29) is 0 Å². The summed E-state index contributed by atoms with van der Waals surface area (Å²) in [5, 5.41) is 0. The molecule has 0 N–H and O–H groups in total. The Morgan fingerprint density at radius 1 is 0.800 bits per heavy atom. The van der Waals surface area contributed by atoms with Crippen molar-refractivity contribution in [2.24, 2.45) is 0 Å². The number of allylic oxidation sites excluding steroid dienone is 4. The second-order valence-electron chi connectivity index (χ2n) is 3.64. The van der Waals surface area contributed by atoms with Gasteiger partial charge in [0.05, 0.1) is 12.5 Å². The average Bonchev–Trinajstić information content (AvgIpc) is 2.47. The van der Waals surface area contributed by atoms with Gasteiger partial charge in [-0.05, 0) is 24.3 Å². The average molecular weight is 276 g/mol. The highest BCUT2D eigenvalue weighted by Crippen LogP contribution is 2.06. The maximum Gasteiger partial charge on any atom is 0.334 e. The molecule has 2 aliphatic heterocycles. The van der Waals surface area contributed by atoms with Crippen molar-refractivity contribution in [3.63, 3.8) is 0 Å². The van der Waals surface area contributed by atoms with Crippen molar-refractivity contribution in [1.82, 2.24) is 0 Å². The zero-order valence-corrected chi connectivity index (χ0v) is 10.4. The molecule has 104 valence electrons. The third kappa shape index (κ3) is 4.49. The molecular formula is C14H12O6. The summed E-state index contributed by atoms with van der Waals surface area (Å²) < 4.78 is 19.7. The van der Waals surface area contributed by atoms with E-state index < -0.39 is 24.5 Å². The van der Waals surface area contributed by atoms with Gasteiger partial charge in [0.25, 0.3) is 12.6 Å². The molecular weight excluding hydrogens is 264 g/mol. The molecule has 2 atom stereocenters. The van der Waals surface area contributed by atoms with Gasteiger partial charge in [-0.15, -0.1) is 0 Å². The predicted molar refractivity (Wildman–Crippen MR) is 67.6 cm³/mol. The molecule has 20 heavy (non-hydrogen) atoms. The minimum Gasteiger partial charge on any atom is -0.459 e. The second kappa shape index (κ2) is 6.98. The first kappa shape index (κ1) is 13.7. The number of hydrogen-bond acceptors (Lipinski definition) is 6. The highest BCUT2D eigenvalue weighted by atomic mass is 16.7. The van der Waals surface area contributed by atoms with E-state index in [4.69, 9.17) is 18.9 Å². The third-order valence-corrected chi connectivity index (χ3v) is 2.16. The molecule has 0 amide bonds. The molecule has 0 aromatic rings. The Labute approximate surface area is 115 Å². The van der Waals surface area contributed by atoms with Crippen LogP contribution in [0.25, 0.3) is 0 Å². The molecule has 0 aromatic heterocycles. The van der Waals surface area contributed by atoms with E-state index in [0.717, 1.165) is 12.2 Å². The molecule has 0 spiro atoms.